The maximum atomic E-state index is 12.4. The SMILES string of the molecule is Cc1nc(-c2cccc(Br)c2)ccc1C(=O)NCCNC(=O)C1CCCCC1. The number of pyridine rings is 1. The first-order valence-electron chi connectivity index (χ1n) is 9.84. The molecule has 1 fully saturated rings. The fraction of sp³-hybridized carbons (Fsp3) is 0.409. The average molecular weight is 444 g/mol. The third-order valence-corrected chi connectivity index (χ3v) is 5.63. The van der Waals surface area contributed by atoms with Crippen molar-refractivity contribution >= 4 is 27.7 Å². The van der Waals surface area contributed by atoms with Gasteiger partial charge in [0.1, 0.15) is 0 Å². The minimum absolute atomic E-state index is 0.116. The lowest BCUT2D eigenvalue weighted by atomic mass is 9.89. The molecule has 1 saturated carbocycles. The van der Waals surface area contributed by atoms with Crippen LogP contribution in [0.5, 0.6) is 0 Å². The summed E-state index contributed by atoms with van der Waals surface area (Å²) < 4.78 is 0.988. The predicted octanol–water partition coefficient (Wildman–Crippen LogP) is 4.25. The number of aromatic nitrogens is 1. The maximum absolute atomic E-state index is 12.4. The van der Waals surface area contributed by atoms with E-state index in [1.807, 2.05) is 37.3 Å². The standard InChI is InChI=1S/C22H26BrN3O2/c1-15-19(10-11-20(26-15)17-8-5-9-18(23)14-17)22(28)25-13-12-24-21(27)16-6-3-2-4-7-16/h5,8-11,14,16H,2-4,6-7,12-13H2,1H3,(H,24,27)(H,25,28). The summed E-state index contributed by atoms with van der Waals surface area (Å²) in [6, 6.07) is 11.6. The van der Waals surface area contributed by atoms with Crippen LogP contribution in [0, 0.1) is 12.8 Å². The Morgan fingerprint density at radius 3 is 2.54 bits per heavy atom. The second kappa shape index (κ2) is 9.82. The highest BCUT2D eigenvalue weighted by Crippen LogP contribution is 2.24. The summed E-state index contributed by atoms with van der Waals surface area (Å²) >= 11 is 3.46. The molecular weight excluding hydrogens is 418 g/mol. The highest BCUT2D eigenvalue weighted by atomic mass is 79.9. The van der Waals surface area contributed by atoms with Crippen LogP contribution in [-0.4, -0.2) is 29.9 Å². The molecule has 3 rings (SSSR count). The molecule has 148 valence electrons. The van der Waals surface area contributed by atoms with Gasteiger partial charge in [-0.2, -0.15) is 0 Å². The van der Waals surface area contributed by atoms with Crippen molar-refractivity contribution < 1.29 is 9.59 Å². The molecule has 1 aromatic heterocycles. The van der Waals surface area contributed by atoms with Crippen molar-refractivity contribution in [1.82, 2.24) is 15.6 Å². The van der Waals surface area contributed by atoms with Gasteiger partial charge in [0.05, 0.1) is 17.0 Å². The Bertz CT molecular complexity index is 847. The highest BCUT2D eigenvalue weighted by molar-refractivity contribution is 9.10. The van der Waals surface area contributed by atoms with Crippen LogP contribution in [0.15, 0.2) is 40.9 Å². The molecule has 0 spiro atoms. The Kier molecular flexibility index (Phi) is 7.20. The van der Waals surface area contributed by atoms with E-state index in [1.54, 1.807) is 6.07 Å². The lowest BCUT2D eigenvalue weighted by Gasteiger charge is -2.20. The predicted molar refractivity (Wildman–Crippen MR) is 114 cm³/mol. The van der Waals surface area contributed by atoms with Gasteiger partial charge in [-0.15, -0.1) is 0 Å². The number of aryl methyl sites for hydroxylation is 1. The number of carbonyl (C=O) groups excluding carboxylic acids is 2. The van der Waals surface area contributed by atoms with E-state index < -0.39 is 0 Å². The van der Waals surface area contributed by atoms with Gasteiger partial charge in [-0.05, 0) is 44.0 Å². The molecule has 0 atom stereocenters. The molecule has 1 aliphatic carbocycles. The molecule has 1 aromatic carbocycles. The number of rotatable bonds is 6. The molecule has 2 amide bonds. The number of hydrogen-bond acceptors (Lipinski definition) is 3. The molecular formula is C22H26BrN3O2. The van der Waals surface area contributed by atoms with Crippen molar-refractivity contribution in [3.63, 3.8) is 0 Å². The quantitative estimate of drug-likeness (QED) is 0.655. The Balaban J connectivity index is 1.51. The maximum Gasteiger partial charge on any atom is 0.253 e. The monoisotopic (exact) mass is 443 g/mol. The summed E-state index contributed by atoms with van der Waals surface area (Å²) in [5, 5.41) is 5.80. The number of halogens is 1. The van der Waals surface area contributed by atoms with Crippen LogP contribution in [0.4, 0.5) is 0 Å². The van der Waals surface area contributed by atoms with Crippen LogP contribution in [0.3, 0.4) is 0 Å². The van der Waals surface area contributed by atoms with E-state index in [-0.39, 0.29) is 17.7 Å². The molecule has 2 aromatic rings. The molecule has 5 nitrogen and oxygen atoms in total. The van der Waals surface area contributed by atoms with Gasteiger partial charge in [0.25, 0.3) is 5.91 Å². The number of nitrogens with one attached hydrogen (secondary N) is 2. The Labute approximate surface area is 174 Å². The number of carbonyl (C=O) groups is 2. The number of benzene rings is 1. The molecule has 0 unspecified atom stereocenters. The molecule has 28 heavy (non-hydrogen) atoms. The van der Waals surface area contributed by atoms with Crippen molar-refractivity contribution in [3.8, 4) is 11.3 Å². The first kappa shape index (κ1) is 20.5. The van der Waals surface area contributed by atoms with Gasteiger partial charge in [0, 0.05) is 29.0 Å². The molecule has 0 radical (unpaired) electrons. The largest absolute Gasteiger partial charge is 0.354 e. The summed E-state index contributed by atoms with van der Waals surface area (Å²) in [5.74, 6) is 0.0874. The van der Waals surface area contributed by atoms with Crippen molar-refractivity contribution in [2.24, 2.45) is 5.92 Å². The molecule has 1 aliphatic rings. The van der Waals surface area contributed by atoms with Gasteiger partial charge in [0.2, 0.25) is 5.91 Å². The fourth-order valence-electron chi connectivity index (χ4n) is 3.58. The molecule has 1 heterocycles. The molecule has 0 saturated heterocycles. The number of amides is 2. The first-order valence-corrected chi connectivity index (χ1v) is 10.6. The van der Waals surface area contributed by atoms with Crippen LogP contribution in [0.1, 0.15) is 48.2 Å². The number of nitrogens with zero attached hydrogens (tertiary/aromatic N) is 1. The van der Waals surface area contributed by atoms with E-state index in [2.05, 4.69) is 31.5 Å². The summed E-state index contributed by atoms with van der Waals surface area (Å²) in [6.45, 7) is 2.69. The van der Waals surface area contributed by atoms with E-state index in [0.29, 0.717) is 24.3 Å². The van der Waals surface area contributed by atoms with Crippen LogP contribution in [0.2, 0.25) is 0 Å². The highest BCUT2D eigenvalue weighted by Gasteiger charge is 2.20. The van der Waals surface area contributed by atoms with Crippen LogP contribution in [0.25, 0.3) is 11.3 Å². The lowest BCUT2D eigenvalue weighted by molar-refractivity contribution is -0.125. The minimum atomic E-state index is -0.169. The van der Waals surface area contributed by atoms with Gasteiger partial charge in [-0.3, -0.25) is 14.6 Å². The zero-order valence-corrected chi connectivity index (χ0v) is 17.7. The average Bonchev–Trinajstić information content (AvgIpc) is 2.71. The Morgan fingerprint density at radius 1 is 1.07 bits per heavy atom. The van der Waals surface area contributed by atoms with E-state index in [9.17, 15) is 9.59 Å². The molecule has 0 bridgehead atoms. The van der Waals surface area contributed by atoms with E-state index in [0.717, 1.165) is 41.4 Å². The number of hydrogen-bond donors (Lipinski definition) is 2. The smallest absolute Gasteiger partial charge is 0.253 e. The molecule has 6 heteroatoms. The second-order valence-electron chi connectivity index (χ2n) is 7.22. The zero-order valence-electron chi connectivity index (χ0n) is 16.1. The Hall–Kier alpha value is -2.21. The summed E-state index contributed by atoms with van der Waals surface area (Å²) in [7, 11) is 0. The van der Waals surface area contributed by atoms with Crippen molar-refractivity contribution in [2.45, 2.75) is 39.0 Å². The summed E-state index contributed by atoms with van der Waals surface area (Å²) in [6.07, 6.45) is 5.46. The van der Waals surface area contributed by atoms with Crippen LogP contribution >= 0.6 is 15.9 Å². The molecule has 2 N–H and O–H groups in total. The van der Waals surface area contributed by atoms with Crippen molar-refractivity contribution in [1.29, 1.82) is 0 Å². The topological polar surface area (TPSA) is 71.1 Å². The van der Waals surface area contributed by atoms with E-state index in [1.165, 1.54) is 6.42 Å². The third kappa shape index (κ3) is 5.41. The van der Waals surface area contributed by atoms with Crippen molar-refractivity contribution in [3.05, 3.63) is 52.1 Å². The second-order valence-corrected chi connectivity index (χ2v) is 8.14. The Morgan fingerprint density at radius 2 is 1.82 bits per heavy atom. The first-order chi connectivity index (χ1) is 13.5. The van der Waals surface area contributed by atoms with Gasteiger partial charge in [-0.1, -0.05) is 47.3 Å². The van der Waals surface area contributed by atoms with Gasteiger partial charge < -0.3 is 10.6 Å². The lowest BCUT2D eigenvalue weighted by Crippen LogP contribution is -2.38. The van der Waals surface area contributed by atoms with Crippen LogP contribution < -0.4 is 10.6 Å². The zero-order chi connectivity index (χ0) is 19.9. The molecule has 0 aliphatic heterocycles. The van der Waals surface area contributed by atoms with Gasteiger partial charge >= 0.3 is 0 Å². The minimum Gasteiger partial charge on any atom is -0.354 e. The van der Waals surface area contributed by atoms with E-state index in [4.69, 9.17) is 0 Å². The van der Waals surface area contributed by atoms with Gasteiger partial charge in [0.15, 0.2) is 0 Å². The van der Waals surface area contributed by atoms with Gasteiger partial charge in [-0.25, -0.2) is 0 Å². The summed E-state index contributed by atoms with van der Waals surface area (Å²) in [4.78, 5) is 29.1. The van der Waals surface area contributed by atoms with Crippen LogP contribution in [-0.2, 0) is 4.79 Å². The van der Waals surface area contributed by atoms with Crippen molar-refractivity contribution in [2.75, 3.05) is 13.1 Å². The third-order valence-electron chi connectivity index (χ3n) is 5.14. The summed E-state index contributed by atoms with van der Waals surface area (Å²) in [5.41, 5.74) is 3.06. The normalized spacial score (nSPS) is 14.5. The van der Waals surface area contributed by atoms with E-state index >= 15 is 0 Å². The fourth-order valence-corrected chi connectivity index (χ4v) is 3.97.